The minimum Gasteiger partial charge on any atom is -0.497 e. The number of benzene rings is 2. The van der Waals surface area contributed by atoms with Crippen LogP contribution in [0, 0.1) is 0 Å². The van der Waals surface area contributed by atoms with Gasteiger partial charge in [0.05, 0.1) is 7.11 Å². The Morgan fingerprint density at radius 2 is 1.79 bits per heavy atom. The molecule has 2 nitrogen and oxygen atoms in total. The van der Waals surface area contributed by atoms with E-state index < -0.39 is 0 Å². The Kier molecular flexibility index (Phi) is 4.88. The van der Waals surface area contributed by atoms with Crippen LogP contribution < -0.4 is 9.64 Å². The minimum absolute atomic E-state index is 0.822. The molecule has 0 aliphatic rings. The summed E-state index contributed by atoms with van der Waals surface area (Å²) in [6.45, 7) is 0. The SMILES string of the molecule is COc1ccc(N(C)c2ccc(Br)cc2CBr)cc1. The molecule has 0 radical (unpaired) electrons. The highest BCUT2D eigenvalue weighted by Crippen LogP contribution is 2.31. The molecule has 2 rings (SSSR count). The zero-order valence-corrected chi connectivity index (χ0v) is 14.0. The van der Waals surface area contributed by atoms with Crippen molar-refractivity contribution in [3.05, 3.63) is 52.5 Å². The zero-order chi connectivity index (χ0) is 13.8. The van der Waals surface area contributed by atoms with Crippen LogP contribution in [0.3, 0.4) is 0 Å². The first-order valence-corrected chi connectivity index (χ1v) is 7.79. The van der Waals surface area contributed by atoms with Gasteiger partial charge in [0.15, 0.2) is 0 Å². The van der Waals surface area contributed by atoms with Gasteiger partial charge in [0.25, 0.3) is 0 Å². The van der Waals surface area contributed by atoms with Gasteiger partial charge in [-0.25, -0.2) is 0 Å². The molecule has 0 unspecified atom stereocenters. The first-order valence-electron chi connectivity index (χ1n) is 5.88. The third-order valence-corrected chi connectivity index (χ3v) is 4.10. The van der Waals surface area contributed by atoms with E-state index >= 15 is 0 Å². The lowest BCUT2D eigenvalue weighted by atomic mass is 10.1. The molecule has 0 fully saturated rings. The molecule has 0 atom stereocenters. The van der Waals surface area contributed by atoms with Crippen LogP contribution in [0.4, 0.5) is 11.4 Å². The molecule has 2 aromatic rings. The summed E-state index contributed by atoms with van der Waals surface area (Å²) in [4.78, 5) is 2.17. The molecule has 0 heterocycles. The molecule has 2 aromatic carbocycles. The Balaban J connectivity index is 2.34. The summed E-state index contributed by atoms with van der Waals surface area (Å²) in [5.74, 6) is 0.869. The summed E-state index contributed by atoms with van der Waals surface area (Å²) in [6.07, 6.45) is 0. The van der Waals surface area contributed by atoms with E-state index in [-0.39, 0.29) is 0 Å². The van der Waals surface area contributed by atoms with E-state index in [4.69, 9.17) is 4.74 Å². The summed E-state index contributed by atoms with van der Waals surface area (Å²) in [5, 5.41) is 0.822. The highest BCUT2D eigenvalue weighted by Gasteiger charge is 2.09. The molecule has 0 amide bonds. The van der Waals surface area contributed by atoms with Crippen molar-refractivity contribution in [3.63, 3.8) is 0 Å². The van der Waals surface area contributed by atoms with Gasteiger partial charge in [-0.15, -0.1) is 0 Å². The van der Waals surface area contributed by atoms with Crippen molar-refractivity contribution in [1.82, 2.24) is 0 Å². The van der Waals surface area contributed by atoms with Gasteiger partial charge in [-0.05, 0) is 48.0 Å². The predicted molar refractivity (Wildman–Crippen MR) is 87.8 cm³/mol. The first-order chi connectivity index (χ1) is 9.15. The summed E-state index contributed by atoms with van der Waals surface area (Å²) >= 11 is 7.04. The van der Waals surface area contributed by atoms with Crippen LogP contribution in [0.5, 0.6) is 5.75 Å². The van der Waals surface area contributed by atoms with Crippen LogP contribution >= 0.6 is 31.9 Å². The van der Waals surface area contributed by atoms with E-state index in [1.807, 2.05) is 12.1 Å². The van der Waals surface area contributed by atoms with Crippen molar-refractivity contribution in [2.45, 2.75) is 5.33 Å². The van der Waals surface area contributed by atoms with Gasteiger partial charge < -0.3 is 9.64 Å². The molecule has 0 aliphatic heterocycles. The van der Waals surface area contributed by atoms with Gasteiger partial charge >= 0.3 is 0 Å². The number of nitrogens with zero attached hydrogens (tertiary/aromatic N) is 1. The van der Waals surface area contributed by atoms with Gasteiger partial charge in [0.1, 0.15) is 5.75 Å². The van der Waals surface area contributed by atoms with Crippen LogP contribution in [0.1, 0.15) is 5.56 Å². The Morgan fingerprint density at radius 1 is 1.11 bits per heavy atom. The molecule has 19 heavy (non-hydrogen) atoms. The van der Waals surface area contributed by atoms with E-state index in [1.54, 1.807) is 7.11 Å². The molecular weight excluding hydrogens is 370 g/mol. The summed E-state index contributed by atoms with van der Waals surface area (Å²) in [6, 6.07) is 14.4. The fraction of sp³-hybridized carbons (Fsp3) is 0.200. The maximum absolute atomic E-state index is 5.18. The molecule has 100 valence electrons. The molecule has 0 bridgehead atoms. The Labute approximate surface area is 130 Å². The molecule has 0 spiro atoms. The monoisotopic (exact) mass is 383 g/mol. The standard InChI is InChI=1S/C15H15Br2NO/c1-18(13-4-6-14(19-2)7-5-13)15-8-3-12(17)9-11(15)10-16/h3-9H,10H2,1-2H3. The predicted octanol–water partition coefficient (Wildman–Crippen LogP) is 5.12. The number of hydrogen-bond acceptors (Lipinski definition) is 2. The molecule has 0 aromatic heterocycles. The van der Waals surface area contributed by atoms with E-state index in [2.05, 4.69) is 74.1 Å². The second-order valence-electron chi connectivity index (χ2n) is 4.16. The van der Waals surface area contributed by atoms with Gasteiger partial charge in [0.2, 0.25) is 0 Å². The number of ether oxygens (including phenoxy) is 1. The van der Waals surface area contributed by atoms with Gasteiger partial charge in [-0.2, -0.15) is 0 Å². The van der Waals surface area contributed by atoms with Crippen molar-refractivity contribution in [2.75, 3.05) is 19.1 Å². The van der Waals surface area contributed by atoms with E-state index in [9.17, 15) is 0 Å². The molecule has 0 saturated carbocycles. The summed E-state index contributed by atoms with van der Waals surface area (Å²) in [5.41, 5.74) is 3.56. The molecular formula is C15H15Br2NO. The Hall–Kier alpha value is -1.000. The minimum atomic E-state index is 0.822. The second-order valence-corrected chi connectivity index (χ2v) is 5.64. The topological polar surface area (TPSA) is 12.5 Å². The summed E-state index contributed by atoms with van der Waals surface area (Å²) < 4.78 is 6.27. The fourth-order valence-corrected chi connectivity index (χ4v) is 2.79. The maximum atomic E-state index is 5.18. The second kappa shape index (κ2) is 6.44. The van der Waals surface area contributed by atoms with Crippen molar-refractivity contribution in [1.29, 1.82) is 0 Å². The number of rotatable bonds is 4. The summed E-state index contributed by atoms with van der Waals surface area (Å²) in [7, 11) is 3.74. The lowest BCUT2D eigenvalue weighted by molar-refractivity contribution is 0.415. The van der Waals surface area contributed by atoms with Crippen molar-refractivity contribution >= 4 is 43.2 Å². The van der Waals surface area contributed by atoms with Crippen molar-refractivity contribution < 1.29 is 4.74 Å². The third-order valence-electron chi connectivity index (χ3n) is 3.01. The number of alkyl halides is 1. The van der Waals surface area contributed by atoms with Gasteiger partial charge in [-0.3, -0.25) is 0 Å². The lowest BCUT2D eigenvalue weighted by Gasteiger charge is -2.22. The lowest BCUT2D eigenvalue weighted by Crippen LogP contribution is -2.11. The smallest absolute Gasteiger partial charge is 0.119 e. The first kappa shape index (κ1) is 14.4. The average Bonchev–Trinajstić information content (AvgIpc) is 2.46. The van der Waals surface area contributed by atoms with E-state index in [0.717, 1.165) is 21.2 Å². The number of anilines is 2. The highest BCUT2D eigenvalue weighted by atomic mass is 79.9. The Bertz CT molecular complexity index is 555. The van der Waals surface area contributed by atoms with Crippen LogP contribution in [0.25, 0.3) is 0 Å². The number of halogens is 2. The Morgan fingerprint density at radius 3 is 2.37 bits per heavy atom. The van der Waals surface area contributed by atoms with E-state index in [1.165, 1.54) is 11.3 Å². The van der Waals surface area contributed by atoms with Crippen molar-refractivity contribution in [3.8, 4) is 5.75 Å². The van der Waals surface area contributed by atoms with Gasteiger partial charge in [-0.1, -0.05) is 31.9 Å². The van der Waals surface area contributed by atoms with Crippen LogP contribution in [0.15, 0.2) is 46.9 Å². The van der Waals surface area contributed by atoms with Crippen LogP contribution in [-0.2, 0) is 5.33 Å². The number of methoxy groups -OCH3 is 1. The normalized spacial score (nSPS) is 10.3. The zero-order valence-electron chi connectivity index (χ0n) is 10.9. The fourth-order valence-electron chi connectivity index (χ4n) is 1.93. The molecule has 0 aliphatic carbocycles. The molecule has 4 heteroatoms. The third kappa shape index (κ3) is 3.31. The number of hydrogen-bond donors (Lipinski definition) is 0. The van der Waals surface area contributed by atoms with E-state index in [0.29, 0.717) is 0 Å². The van der Waals surface area contributed by atoms with Crippen LogP contribution in [0.2, 0.25) is 0 Å². The maximum Gasteiger partial charge on any atom is 0.119 e. The molecule has 0 saturated heterocycles. The van der Waals surface area contributed by atoms with Gasteiger partial charge in [0, 0.05) is 28.2 Å². The average molecular weight is 385 g/mol. The molecule has 0 N–H and O–H groups in total. The van der Waals surface area contributed by atoms with Crippen LogP contribution in [-0.4, -0.2) is 14.2 Å². The quantitative estimate of drug-likeness (QED) is 0.678. The largest absolute Gasteiger partial charge is 0.497 e. The van der Waals surface area contributed by atoms with Crippen molar-refractivity contribution in [2.24, 2.45) is 0 Å². The highest BCUT2D eigenvalue weighted by molar-refractivity contribution is 9.10.